The highest BCUT2D eigenvalue weighted by molar-refractivity contribution is 5.90. The predicted molar refractivity (Wildman–Crippen MR) is 56.6 cm³/mol. The van der Waals surface area contributed by atoms with Crippen LogP contribution in [0.25, 0.3) is 0 Å². The molecule has 1 atom stereocenters. The molecule has 1 aliphatic rings. The van der Waals surface area contributed by atoms with Crippen LogP contribution in [-0.2, 0) is 9.53 Å². The van der Waals surface area contributed by atoms with Gasteiger partial charge in [0, 0.05) is 5.92 Å². The van der Waals surface area contributed by atoms with Crippen molar-refractivity contribution in [1.82, 2.24) is 5.32 Å². The Kier molecular flexibility index (Phi) is 3.37. The van der Waals surface area contributed by atoms with Crippen LogP contribution >= 0.6 is 0 Å². The van der Waals surface area contributed by atoms with Crippen LogP contribution in [0.4, 0.5) is 4.79 Å². The fraction of sp³-hybridized carbons (Fsp3) is 0.818. The van der Waals surface area contributed by atoms with E-state index in [4.69, 9.17) is 4.74 Å². The first kappa shape index (κ1) is 12.0. The quantitative estimate of drug-likeness (QED) is 0.778. The molecule has 1 rings (SSSR count). The van der Waals surface area contributed by atoms with E-state index in [1.54, 1.807) is 27.7 Å². The number of nitrogens with one attached hydrogen (secondary N) is 1. The van der Waals surface area contributed by atoms with E-state index in [1.165, 1.54) is 0 Å². The van der Waals surface area contributed by atoms with Crippen molar-refractivity contribution in [3.63, 3.8) is 0 Å². The van der Waals surface area contributed by atoms with Crippen molar-refractivity contribution in [2.24, 2.45) is 5.92 Å². The number of rotatable bonds is 3. The maximum absolute atomic E-state index is 11.5. The van der Waals surface area contributed by atoms with Gasteiger partial charge in [-0.05, 0) is 40.5 Å². The molecule has 4 heteroatoms. The van der Waals surface area contributed by atoms with Crippen molar-refractivity contribution >= 4 is 11.9 Å². The van der Waals surface area contributed by atoms with Crippen LogP contribution in [0.15, 0.2) is 0 Å². The van der Waals surface area contributed by atoms with Crippen molar-refractivity contribution in [3.8, 4) is 0 Å². The number of Topliss-reactive ketones (excluding diaryl/α,β-unsaturated/α-hetero) is 1. The molecular formula is C11H19NO3. The number of ketones is 1. The zero-order valence-electron chi connectivity index (χ0n) is 9.79. The first-order chi connectivity index (χ1) is 6.79. The van der Waals surface area contributed by atoms with E-state index in [9.17, 15) is 9.59 Å². The van der Waals surface area contributed by atoms with E-state index in [-0.39, 0.29) is 11.7 Å². The lowest BCUT2D eigenvalue weighted by Gasteiger charge is -2.21. The molecular weight excluding hydrogens is 194 g/mol. The Morgan fingerprint density at radius 2 is 1.87 bits per heavy atom. The second-order valence-corrected chi connectivity index (χ2v) is 5.04. The van der Waals surface area contributed by atoms with Gasteiger partial charge in [0.2, 0.25) is 0 Å². The molecule has 0 radical (unpaired) electrons. The number of ether oxygens (including phenoxy) is 1. The average Bonchev–Trinajstić information content (AvgIpc) is 2.80. The first-order valence-electron chi connectivity index (χ1n) is 5.33. The fourth-order valence-electron chi connectivity index (χ4n) is 1.28. The summed E-state index contributed by atoms with van der Waals surface area (Å²) < 4.78 is 5.06. The Morgan fingerprint density at radius 1 is 1.33 bits per heavy atom. The van der Waals surface area contributed by atoms with Crippen LogP contribution in [0.3, 0.4) is 0 Å². The van der Waals surface area contributed by atoms with E-state index in [0.29, 0.717) is 0 Å². The maximum atomic E-state index is 11.5. The molecule has 1 amide bonds. The minimum absolute atomic E-state index is 0.112. The molecule has 1 saturated carbocycles. The van der Waals surface area contributed by atoms with Crippen molar-refractivity contribution in [2.75, 3.05) is 0 Å². The lowest BCUT2D eigenvalue weighted by Crippen LogP contribution is -2.42. The summed E-state index contributed by atoms with van der Waals surface area (Å²) in [5.74, 6) is 0.274. The van der Waals surface area contributed by atoms with Crippen LogP contribution in [0.1, 0.15) is 40.5 Å². The summed E-state index contributed by atoms with van der Waals surface area (Å²) in [5, 5.41) is 2.55. The second-order valence-electron chi connectivity index (χ2n) is 5.04. The van der Waals surface area contributed by atoms with Gasteiger partial charge in [-0.3, -0.25) is 4.79 Å². The summed E-state index contributed by atoms with van der Waals surface area (Å²) in [6, 6.07) is -0.438. The van der Waals surface area contributed by atoms with Gasteiger partial charge >= 0.3 is 6.09 Å². The lowest BCUT2D eigenvalue weighted by molar-refractivity contribution is -0.121. The van der Waals surface area contributed by atoms with Crippen molar-refractivity contribution in [2.45, 2.75) is 52.2 Å². The number of carbonyl (C=O) groups is 2. The van der Waals surface area contributed by atoms with Crippen LogP contribution in [-0.4, -0.2) is 23.5 Å². The Balaban J connectivity index is 2.33. The van der Waals surface area contributed by atoms with Gasteiger partial charge in [0.05, 0.1) is 6.04 Å². The Labute approximate surface area is 90.4 Å². The molecule has 0 heterocycles. The molecule has 0 aromatic rings. The summed E-state index contributed by atoms with van der Waals surface area (Å²) >= 11 is 0. The smallest absolute Gasteiger partial charge is 0.408 e. The largest absolute Gasteiger partial charge is 0.444 e. The third kappa shape index (κ3) is 4.32. The van der Waals surface area contributed by atoms with Gasteiger partial charge < -0.3 is 10.1 Å². The highest BCUT2D eigenvalue weighted by Crippen LogP contribution is 2.30. The zero-order valence-corrected chi connectivity index (χ0v) is 9.79. The van der Waals surface area contributed by atoms with Gasteiger partial charge in [-0.15, -0.1) is 0 Å². The molecule has 0 saturated heterocycles. The molecule has 1 N–H and O–H groups in total. The topological polar surface area (TPSA) is 55.4 Å². The molecule has 0 aromatic carbocycles. The predicted octanol–water partition coefficient (Wildman–Crippen LogP) is 1.88. The van der Waals surface area contributed by atoms with Gasteiger partial charge in [-0.25, -0.2) is 4.79 Å². The summed E-state index contributed by atoms with van der Waals surface area (Å²) in [5.41, 5.74) is -0.521. The van der Waals surface area contributed by atoms with Crippen LogP contribution in [0.5, 0.6) is 0 Å². The monoisotopic (exact) mass is 213 g/mol. The van der Waals surface area contributed by atoms with Gasteiger partial charge in [0.15, 0.2) is 5.78 Å². The van der Waals surface area contributed by atoms with Gasteiger partial charge in [0.1, 0.15) is 5.60 Å². The molecule has 0 bridgehead atoms. The second kappa shape index (κ2) is 4.21. The van der Waals surface area contributed by atoms with E-state index in [1.807, 2.05) is 0 Å². The number of carbonyl (C=O) groups excluding carboxylic acids is 2. The molecule has 0 aromatic heterocycles. The van der Waals surface area contributed by atoms with Gasteiger partial charge in [0.25, 0.3) is 0 Å². The number of alkyl carbamates (subject to hydrolysis) is 1. The molecule has 0 unspecified atom stereocenters. The molecule has 1 aliphatic carbocycles. The fourth-order valence-corrected chi connectivity index (χ4v) is 1.28. The summed E-state index contributed by atoms with van der Waals surface area (Å²) in [7, 11) is 0. The molecule has 0 spiro atoms. The molecule has 15 heavy (non-hydrogen) atoms. The third-order valence-electron chi connectivity index (χ3n) is 2.14. The van der Waals surface area contributed by atoms with Crippen molar-refractivity contribution < 1.29 is 14.3 Å². The van der Waals surface area contributed by atoms with E-state index >= 15 is 0 Å². The average molecular weight is 213 g/mol. The minimum Gasteiger partial charge on any atom is -0.444 e. The minimum atomic E-state index is -0.524. The number of hydrogen-bond donors (Lipinski definition) is 1. The molecule has 0 aliphatic heterocycles. The number of amides is 1. The van der Waals surface area contributed by atoms with Crippen molar-refractivity contribution in [1.29, 1.82) is 0 Å². The highest BCUT2D eigenvalue weighted by atomic mass is 16.6. The molecule has 1 fully saturated rings. The van der Waals surface area contributed by atoms with Crippen LogP contribution < -0.4 is 5.32 Å². The lowest BCUT2D eigenvalue weighted by atomic mass is 10.1. The normalized spacial score (nSPS) is 18.1. The van der Waals surface area contributed by atoms with E-state index in [0.717, 1.165) is 12.8 Å². The molecule has 86 valence electrons. The maximum Gasteiger partial charge on any atom is 0.408 e. The highest BCUT2D eigenvalue weighted by Gasteiger charge is 2.33. The van der Waals surface area contributed by atoms with Crippen LogP contribution in [0, 0.1) is 5.92 Å². The SMILES string of the molecule is C[C@@H](NC(=O)OC(C)(C)C)C(=O)C1CC1. The standard InChI is InChI=1S/C11H19NO3/c1-7(9(13)8-5-6-8)12-10(14)15-11(2,3)4/h7-8H,5-6H2,1-4H3,(H,12,14)/t7-/m1/s1. The Morgan fingerprint density at radius 3 is 2.27 bits per heavy atom. The molecule has 4 nitrogen and oxygen atoms in total. The van der Waals surface area contributed by atoms with Gasteiger partial charge in [-0.2, -0.15) is 0 Å². The van der Waals surface area contributed by atoms with E-state index < -0.39 is 17.7 Å². The van der Waals surface area contributed by atoms with Crippen molar-refractivity contribution in [3.05, 3.63) is 0 Å². The first-order valence-corrected chi connectivity index (χ1v) is 5.33. The third-order valence-corrected chi connectivity index (χ3v) is 2.14. The Bertz CT molecular complexity index is 263. The van der Waals surface area contributed by atoms with Gasteiger partial charge in [-0.1, -0.05) is 0 Å². The number of hydrogen-bond acceptors (Lipinski definition) is 3. The zero-order chi connectivity index (χ0) is 11.6. The van der Waals surface area contributed by atoms with E-state index in [2.05, 4.69) is 5.32 Å². The summed E-state index contributed by atoms with van der Waals surface area (Å²) in [6.45, 7) is 7.07. The summed E-state index contributed by atoms with van der Waals surface area (Å²) in [4.78, 5) is 22.9. The Hall–Kier alpha value is -1.06. The van der Waals surface area contributed by atoms with Crippen LogP contribution in [0.2, 0.25) is 0 Å². The summed E-state index contributed by atoms with van der Waals surface area (Å²) in [6.07, 6.45) is 1.39.